The van der Waals surface area contributed by atoms with Gasteiger partial charge in [0, 0.05) is 38.4 Å². The molecule has 0 N–H and O–H groups in total. The first-order valence-corrected chi connectivity index (χ1v) is 8.37. The second kappa shape index (κ2) is 7.61. The molecule has 25 heavy (non-hydrogen) atoms. The summed E-state index contributed by atoms with van der Waals surface area (Å²) in [7, 11) is 1.67. The van der Waals surface area contributed by atoms with Crippen LogP contribution in [0.15, 0.2) is 42.6 Å². The molecule has 0 bridgehead atoms. The van der Waals surface area contributed by atoms with Crippen LogP contribution in [-0.2, 0) is 0 Å². The number of nitrogens with zero attached hydrogens (tertiary/aromatic N) is 3. The van der Waals surface area contributed by atoms with Crippen LogP contribution in [0.25, 0.3) is 0 Å². The fourth-order valence-electron chi connectivity index (χ4n) is 3.11. The summed E-state index contributed by atoms with van der Waals surface area (Å²) in [5.41, 5.74) is 1.62. The fourth-order valence-corrected chi connectivity index (χ4v) is 3.11. The number of pyridine rings is 1. The standard InChI is InChI=1S/C19H22FN3O2/c1-14(15-4-3-5-17(12-15)25-2)22-8-10-23(11-9-22)19(24)16-6-7-18(20)21-13-16/h3-7,12-14H,8-11H2,1-2H3/t14-/m1/s1. The zero-order chi connectivity index (χ0) is 17.8. The van der Waals surface area contributed by atoms with Crippen molar-refractivity contribution in [3.8, 4) is 5.75 Å². The van der Waals surface area contributed by atoms with E-state index in [2.05, 4.69) is 22.9 Å². The van der Waals surface area contributed by atoms with Crippen molar-refractivity contribution < 1.29 is 13.9 Å². The first-order valence-electron chi connectivity index (χ1n) is 8.37. The average Bonchev–Trinajstić information content (AvgIpc) is 2.67. The van der Waals surface area contributed by atoms with Gasteiger partial charge in [-0.15, -0.1) is 0 Å². The lowest BCUT2D eigenvalue weighted by Gasteiger charge is -2.38. The highest BCUT2D eigenvalue weighted by molar-refractivity contribution is 5.93. The summed E-state index contributed by atoms with van der Waals surface area (Å²) in [5, 5.41) is 0. The smallest absolute Gasteiger partial charge is 0.255 e. The van der Waals surface area contributed by atoms with Gasteiger partial charge in [-0.2, -0.15) is 4.39 Å². The number of hydrogen-bond donors (Lipinski definition) is 0. The zero-order valence-electron chi connectivity index (χ0n) is 14.5. The minimum atomic E-state index is -0.575. The molecule has 5 nitrogen and oxygen atoms in total. The van der Waals surface area contributed by atoms with Gasteiger partial charge in [0.1, 0.15) is 5.75 Å². The molecule has 1 fully saturated rings. The van der Waals surface area contributed by atoms with Crippen molar-refractivity contribution in [2.75, 3.05) is 33.3 Å². The Kier molecular flexibility index (Phi) is 5.28. The van der Waals surface area contributed by atoms with Gasteiger partial charge < -0.3 is 9.64 Å². The maximum Gasteiger partial charge on any atom is 0.255 e. The number of methoxy groups -OCH3 is 1. The van der Waals surface area contributed by atoms with Gasteiger partial charge in [-0.1, -0.05) is 12.1 Å². The van der Waals surface area contributed by atoms with Crippen molar-refractivity contribution in [3.63, 3.8) is 0 Å². The number of carbonyl (C=O) groups excluding carboxylic acids is 1. The lowest BCUT2D eigenvalue weighted by Crippen LogP contribution is -2.49. The van der Waals surface area contributed by atoms with Crippen molar-refractivity contribution >= 4 is 5.91 Å². The summed E-state index contributed by atoms with van der Waals surface area (Å²) in [6.07, 6.45) is 1.29. The van der Waals surface area contributed by atoms with Crippen molar-refractivity contribution in [3.05, 3.63) is 59.7 Å². The molecule has 2 heterocycles. The summed E-state index contributed by atoms with van der Waals surface area (Å²) in [4.78, 5) is 20.2. The SMILES string of the molecule is COc1cccc([C@@H](C)N2CCN(C(=O)c3ccc(F)nc3)CC2)c1. The number of piperazine rings is 1. The Morgan fingerprint density at radius 1 is 1.20 bits per heavy atom. The van der Waals surface area contributed by atoms with Crippen LogP contribution in [0.2, 0.25) is 0 Å². The van der Waals surface area contributed by atoms with E-state index < -0.39 is 5.95 Å². The van der Waals surface area contributed by atoms with Crippen molar-refractivity contribution in [2.45, 2.75) is 13.0 Å². The fraction of sp³-hybridized carbons (Fsp3) is 0.368. The van der Waals surface area contributed by atoms with Gasteiger partial charge in [0.15, 0.2) is 0 Å². The highest BCUT2D eigenvalue weighted by Crippen LogP contribution is 2.25. The number of carbonyl (C=O) groups is 1. The van der Waals surface area contributed by atoms with Crippen molar-refractivity contribution in [1.29, 1.82) is 0 Å². The van der Waals surface area contributed by atoms with Crippen LogP contribution in [0.5, 0.6) is 5.75 Å². The molecule has 0 spiro atoms. The normalized spacial score (nSPS) is 16.5. The Morgan fingerprint density at radius 2 is 1.96 bits per heavy atom. The molecular formula is C19H22FN3O2. The Labute approximate surface area is 147 Å². The predicted molar refractivity (Wildman–Crippen MR) is 93.1 cm³/mol. The third kappa shape index (κ3) is 3.96. The Balaban J connectivity index is 1.61. The monoisotopic (exact) mass is 343 g/mol. The van der Waals surface area contributed by atoms with E-state index in [9.17, 15) is 9.18 Å². The highest BCUT2D eigenvalue weighted by Gasteiger charge is 2.25. The van der Waals surface area contributed by atoms with Crippen LogP contribution in [0.3, 0.4) is 0 Å². The molecule has 1 aliphatic heterocycles. The topological polar surface area (TPSA) is 45.7 Å². The van der Waals surface area contributed by atoms with E-state index in [1.54, 1.807) is 12.0 Å². The number of halogens is 1. The van der Waals surface area contributed by atoms with Crippen LogP contribution in [-0.4, -0.2) is 54.0 Å². The molecule has 6 heteroatoms. The van der Waals surface area contributed by atoms with Gasteiger partial charge in [0.2, 0.25) is 5.95 Å². The molecule has 2 aromatic rings. The van der Waals surface area contributed by atoms with E-state index in [4.69, 9.17) is 4.74 Å². The number of benzene rings is 1. The Bertz CT molecular complexity index is 728. The van der Waals surface area contributed by atoms with Gasteiger partial charge in [-0.25, -0.2) is 4.98 Å². The van der Waals surface area contributed by atoms with E-state index in [0.717, 1.165) is 18.8 Å². The van der Waals surface area contributed by atoms with Crippen LogP contribution in [0.1, 0.15) is 28.9 Å². The van der Waals surface area contributed by atoms with E-state index >= 15 is 0 Å². The number of amides is 1. The predicted octanol–water partition coefficient (Wildman–Crippen LogP) is 2.75. The molecule has 0 saturated carbocycles. The lowest BCUT2D eigenvalue weighted by atomic mass is 10.1. The van der Waals surface area contributed by atoms with Crippen LogP contribution in [0, 0.1) is 5.95 Å². The molecule has 3 rings (SSSR count). The minimum Gasteiger partial charge on any atom is -0.497 e. The lowest BCUT2D eigenvalue weighted by molar-refractivity contribution is 0.0581. The molecule has 1 aromatic carbocycles. The molecule has 0 aliphatic carbocycles. The van der Waals surface area contributed by atoms with Gasteiger partial charge in [0.25, 0.3) is 5.91 Å². The second-order valence-corrected chi connectivity index (χ2v) is 6.15. The second-order valence-electron chi connectivity index (χ2n) is 6.15. The number of rotatable bonds is 4. The van der Waals surface area contributed by atoms with Crippen molar-refractivity contribution in [2.24, 2.45) is 0 Å². The van der Waals surface area contributed by atoms with E-state index in [-0.39, 0.29) is 11.9 Å². The van der Waals surface area contributed by atoms with Gasteiger partial charge in [-0.05, 0) is 36.8 Å². The summed E-state index contributed by atoms with van der Waals surface area (Å²) in [6, 6.07) is 11.0. The third-order valence-electron chi connectivity index (χ3n) is 4.70. The van der Waals surface area contributed by atoms with Crippen LogP contribution in [0.4, 0.5) is 4.39 Å². The summed E-state index contributed by atoms with van der Waals surface area (Å²) >= 11 is 0. The van der Waals surface area contributed by atoms with E-state index in [1.807, 2.05) is 18.2 Å². The van der Waals surface area contributed by atoms with E-state index in [1.165, 1.54) is 23.9 Å². The average molecular weight is 343 g/mol. The zero-order valence-corrected chi connectivity index (χ0v) is 14.5. The van der Waals surface area contributed by atoms with Crippen LogP contribution >= 0.6 is 0 Å². The molecule has 0 unspecified atom stereocenters. The third-order valence-corrected chi connectivity index (χ3v) is 4.70. The molecule has 1 aromatic heterocycles. The van der Waals surface area contributed by atoms with Crippen LogP contribution < -0.4 is 4.74 Å². The number of aromatic nitrogens is 1. The maximum atomic E-state index is 12.9. The number of ether oxygens (including phenoxy) is 1. The molecule has 0 radical (unpaired) electrons. The van der Waals surface area contributed by atoms with E-state index in [0.29, 0.717) is 18.7 Å². The minimum absolute atomic E-state index is 0.0961. The van der Waals surface area contributed by atoms with Gasteiger partial charge in [0.05, 0.1) is 12.7 Å². The first kappa shape index (κ1) is 17.4. The first-order chi connectivity index (χ1) is 12.1. The molecule has 1 saturated heterocycles. The maximum absolute atomic E-state index is 12.9. The quantitative estimate of drug-likeness (QED) is 0.801. The molecule has 1 atom stereocenters. The number of hydrogen-bond acceptors (Lipinski definition) is 4. The Hall–Kier alpha value is -2.47. The molecule has 1 aliphatic rings. The molecular weight excluding hydrogens is 321 g/mol. The molecule has 1 amide bonds. The highest BCUT2D eigenvalue weighted by atomic mass is 19.1. The summed E-state index contributed by atoms with van der Waals surface area (Å²) < 4.78 is 18.2. The van der Waals surface area contributed by atoms with Gasteiger partial charge in [-0.3, -0.25) is 9.69 Å². The van der Waals surface area contributed by atoms with Gasteiger partial charge >= 0.3 is 0 Å². The summed E-state index contributed by atoms with van der Waals surface area (Å²) in [6.45, 7) is 5.03. The Morgan fingerprint density at radius 3 is 2.60 bits per heavy atom. The largest absolute Gasteiger partial charge is 0.497 e. The summed E-state index contributed by atoms with van der Waals surface area (Å²) in [5.74, 6) is 0.177. The molecule has 132 valence electrons. The van der Waals surface area contributed by atoms with Crippen molar-refractivity contribution in [1.82, 2.24) is 14.8 Å².